The molecule has 0 aromatic rings. The van der Waals surface area contributed by atoms with Crippen LogP contribution in [0.25, 0.3) is 0 Å². The summed E-state index contributed by atoms with van der Waals surface area (Å²) in [5, 5.41) is 8.91. The number of hydrogen-bond acceptors (Lipinski definition) is 5. The molecular formula is C11H18N2O5S. The van der Waals surface area contributed by atoms with Crippen LogP contribution in [0.15, 0.2) is 0 Å². The summed E-state index contributed by atoms with van der Waals surface area (Å²) in [5.41, 5.74) is 4.93. The van der Waals surface area contributed by atoms with Crippen LogP contribution in [0.4, 0.5) is 0 Å². The van der Waals surface area contributed by atoms with E-state index in [0.29, 0.717) is 19.3 Å². The highest BCUT2D eigenvalue weighted by Crippen LogP contribution is 2.46. The first-order chi connectivity index (χ1) is 8.80. The topological polar surface area (TPSA) is 118 Å². The van der Waals surface area contributed by atoms with Crippen LogP contribution in [0.1, 0.15) is 19.3 Å². The molecule has 0 spiro atoms. The van der Waals surface area contributed by atoms with Gasteiger partial charge in [-0.25, -0.2) is 8.42 Å². The Hall–Kier alpha value is -1.15. The standard InChI is InChI=1S/C11H18N2O5S/c12-7-11(2-3-11)10(16)13(5-9(14)15)8-1-4-19(17,18)6-8/h8H,1-7,12H2,(H,14,15). The molecule has 1 atom stereocenters. The molecule has 0 aromatic carbocycles. The Morgan fingerprint density at radius 1 is 1.37 bits per heavy atom. The Kier molecular flexibility index (Phi) is 3.57. The van der Waals surface area contributed by atoms with Crippen LogP contribution >= 0.6 is 0 Å². The van der Waals surface area contributed by atoms with Gasteiger partial charge in [-0.3, -0.25) is 9.59 Å². The normalized spacial score (nSPS) is 26.9. The van der Waals surface area contributed by atoms with Crippen molar-refractivity contribution in [3.8, 4) is 0 Å². The van der Waals surface area contributed by atoms with E-state index in [4.69, 9.17) is 10.8 Å². The van der Waals surface area contributed by atoms with Gasteiger partial charge in [0, 0.05) is 12.6 Å². The molecule has 108 valence electrons. The molecule has 0 radical (unpaired) electrons. The lowest BCUT2D eigenvalue weighted by Gasteiger charge is -2.30. The average molecular weight is 290 g/mol. The van der Waals surface area contributed by atoms with E-state index >= 15 is 0 Å². The van der Waals surface area contributed by atoms with E-state index in [1.54, 1.807) is 0 Å². The smallest absolute Gasteiger partial charge is 0.323 e. The largest absolute Gasteiger partial charge is 0.480 e. The fourth-order valence-electron chi connectivity index (χ4n) is 2.49. The van der Waals surface area contributed by atoms with Crippen molar-refractivity contribution in [3.05, 3.63) is 0 Å². The van der Waals surface area contributed by atoms with Gasteiger partial charge in [-0.1, -0.05) is 0 Å². The van der Waals surface area contributed by atoms with Gasteiger partial charge >= 0.3 is 5.97 Å². The third-order valence-electron chi connectivity index (χ3n) is 3.91. The minimum atomic E-state index is -3.16. The van der Waals surface area contributed by atoms with Crippen LogP contribution in [0.5, 0.6) is 0 Å². The van der Waals surface area contributed by atoms with Crippen molar-refractivity contribution in [2.75, 3.05) is 24.6 Å². The molecule has 3 N–H and O–H groups in total. The number of nitrogens with two attached hydrogens (primary N) is 1. The molecule has 1 aliphatic heterocycles. The van der Waals surface area contributed by atoms with Crippen molar-refractivity contribution in [2.24, 2.45) is 11.1 Å². The van der Waals surface area contributed by atoms with E-state index in [0.717, 1.165) is 0 Å². The number of carboxylic acid groups (broad SMARTS) is 1. The third-order valence-corrected chi connectivity index (χ3v) is 5.66. The number of hydrogen-bond donors (Lipinski definition) is 2. The Morgan fingerprint density at radius 3 is 2.37 bits per heavy atom. The maximum absolute atomic E-state index is 12.4. The van der Waals surface area contributed by atoms with Crippen LogP contribution in [0.3, 0.4) is 0 Å². The maximum Gasteiger partial charge on any atom is 0.323 e. The highest BCUT2D eigenvalue weighted by Gasteiger charge is 2.52. The Morgan fingerprint density at radius 2 is 2.00 bits per heavy atom. The second-order valence-electron chi connectivity index (χ2n) is 5.37. The number of nitrogens with zero attached hydrogens (tertiary/aromatic N) is 1. The van der Waals surface area contributed by atoms with Gasteiger partial charge in [0.1, 0.15) is 6.54 Å². The molecule has 1 saturated heterocycles. The average Bonchev–Trinajstić information content (AvgIpc) is 3.04. The zero-order valence-corrected chi connectivity index (χ0v) is 11.4. The second-order valence-corrected chi connectivity index (χ2v) is 7.60. The highest BCUT2D eigenvalue weighted by atomic mass is 32.2. The quantitative estimate of drug-likeness (QED) is 0.658. The van der Waals surface area contributed by atoms with Crippen LogP contribution in [-0.4, -0.2) is 60.9 Å². The SMILES string of the molecule is NCC1(C(=O)N(CC(=O)O)C2CCS(=O)(=O)C2)CC1. The van der Waals surface area contributed by atoms with Crippen molar-refractivity contribution >= 4 is 21.7 Å². The molecule has 2 rings (SSSR count). The van der Waals surface area contributed by atoms with Crippen molar-refractivity contribution in [2.45, 2.75) is 25.3 Å². The molecule has 0 bridgehead atoms. The number of carbonyl (C=O) groups is 2. The molecule has 1 heterocycles. The summed E-state index contributed by atoms with van der Waals surface area (Å²) in [6, 6.07) is -0.530. The summed E-state index contributed by atoms with van der Waals surface area (Å²) in [7, 11) is -3.16. The number of carbonyl (C=O) groups excluding carboxylic acids is 1. The van der Waals surface area contributed by atoms with Gasteiger partial charge in [0.25, 0.3) is 0 Å². The molecule has 2 aliphatic rings. The first-order valence-corrected chi connectivity index (χ1v) is 8.05. The summed E-state index contributed by atoms with van der Waals surface area (Å²) in [6.45, 7) is -0.276. The minimum Gasteiger partial charge on any atom is -0.480 e. The fourth-order valence-corrected chi connectivity index (χ4v) is 4.23. The lowest BCUT2D eigenvalue weighted by molar-refractivity contribution is -0.148. The van der Waals surface area contributed by atoms with E-state index < -0.39 is 33.8 Å². The second kappa shape index (κ2) is 4.75. The van der Waals surface area contributed by atoms with E-state index in [1.807, 2.05) is 0 Å². The Labute approximate surface area is 111 Å². The molecule has 1 unspecified atom stereocenters. The van der Waals surface area contributed by atoms with Gasteiger partial charge in [0.15, 0.2) is 9.84 Å². The summed E-state index contributed by atoms with van der Waals surface area (Å²) in [5.74, 6) is -1.58. The molecule has 1 amide bonds. The van der Waals surface area contributed by atoms with Gasteiger partial charge in [-0.15, -0.1) is 0 Å². The van der Waals surface area contributed by atoms with E-state index in [1.165, 1.54) is 4.90 Å². The van der Waals surface area contributed by atoms with E-state index in [-0.39, 0.29) is 24.0 Å². The zero-order valence-electron chi connectivity index (χ0n) is 10.5. The molecule has 1 aliphatic carbocycles. The Balaban J connectivity index is 2.17. The summed E-state index contributed by atoms with van der Waals surface area (Å²) < 4.78 is 23.0. The highest BCUT2D eigenvalue weighted by molar-refractivity contribution is 7.91. The predicted molar refractivity (Wildman–Crippen MR) is 67.1 cm³/mol. The van der Waals surface area contributed by atoms with E-state index in [2.05, 4.69) is 0 Å². The number of amides is 1. The van der Waals surface area contributed by atoms with Gasteiger partial charge in [0.2, 0.25) is 5.91 Å². The molecule has 0 aromatic heterocycles. The van der Waals surface area contributed by atoms with Crippen molar-refractivity contribution < 1.29 is 23.1 Å². The monoisotopic (exact) mass is 290 g/mol. The van der Waals surface area contributed by atoms with Crippen LogP contribution < -0.4 is 5.73 Å². The first kappa shape index (κ1) is 14.3. The lowest BCUT2D eigenvalue weighted by atomic mass is 10.0. The molecule has 2 fully saturated rings. The molecule has 8 heteroatoms. The van der Waals surface area contributed by atoms with Gasteiger partial charge < -0.3 is 15.7 Å². The Bertz CT molecular complexity index is 497. The van der Waals surface area contributed by atoms with Crippen LogP contribution in [0.2, 0.25) is 0 Å². The molecule has 19 heavy (non-hydrogen) atoms. The molecule has 1 saturated carbocycles. The van der Waals surface area contributed by atoms with Crippen LogP contribution in [0, 0.1) is 5.41 Å². The number of aliphatic carboxylic acids is 1. The third kappa shape index (κ3) is 2.89. The zero-order chi connectivity index (χ0) is 14.3. The molecular weight excluding hydrogens is 272 g/mol. The van der Waals surface area contributed by atoms with Gasteiger partial charge in [-0.2, -0.15) is 0 Å². The number of carboxylic acids is 1. The van der Waals surface area contributed by atoms with Gasteiger partial charge in [0.05, 0.1) is 16.9 Å². The van der Waals surface area contributed by atoms with Crippen molar-refractivity contribution in [1.29, 1.82) is 0 Å². The predicted octanol–water partition coefficient (Wildman–Crippen LogP) is -1.17. The minimum absolute atomic E-state index is 0.0106. The van der Waals surface area contributed by atoms with Crippen molar-refractivity contribution in [3.63, 3.8) is 0 Å². The van der Waals surface area contributed by atoms with E-state index in [9.17, 15) is 18.0 Å². The number of rotatable bonds is 5. The lowest BCUT2D eigenvalue weighted by Crippen LogP contribution is -2.49. The summed E-state index contributed by atoms with van der Waals surface area (Å²) in [6.07, 6.45) is 1.61. The number of sulfone groups is 1. The summed E-state index contributed by atoms with van der Waals surface area (Å²) >= 11 is 0. The summed E-state index contributed by atoms with van der Waals surface area (Å²) in [4.78, 5) is 24.5. The fraction of sp³-hybridized carbons (Fsp3) is 0.818. The van der Waals surface area contributed by atoms with Crippen LogP contribution in [-0.2, 0) is 19.4 Å². The maximum atomic E-state index is 12.4. The molecule has 7 nitrogen and oxygen atoms in total. The van der Waals surface area contributed by atoms with Gasteiger partial charge in [-0.05, 0) is 19.3 Å². The van der Waals surface area contributed by atoms with Crippen molar-refractivity contribution in [1.82, 2.24) is 4.90 Å². The first-order valence-electron chi connectivity index (χ1n) is 6.23.